The number of nitro benzene ring substituents is 1. The van der Waals surface area contributed by atoms with Crippen LogP contribution in [0.25, 0.3) is 5.69 Å². The van der Waals surface area contributed by atoms with E-state index >= 15 is 0 Å². The number of aliphatic carboxylic acids is 1. The maximum atomic E-state index is 11.6. The molecule has 0 saturated carbocycles. The van der Waals surface area contributed by atoms with Gasteiger partial charge in [-0.1, -0.05) is 42.1 Å². The minimum atomic E-state index is -0.928. The number of hydrogen-bond acceptors (Lipinski definition) is 8. The van der Waals surface area contributed by atoms with Gasteiger partial charge < -0.3 is 10.0 Å². The van der Waals surface area contributed by atoms with Gasteiger partial charge in [-0.05, 0) is 39.5 Å². The van der Waals surface area contributed by atoms with Gasteiger partial charge in [0.2, 0.25) is 0 Å². The van der Waals surface area contributed by atoms with Crippen molar-refractivity contribution in [1.82, 2.24) is 19.7 Å². The highest BCUT2D eigenvalue weighted by Crippen LogP contribution is 2.36. The van der Waals surface area contributed by atoms with Crippen LogP contribution in [0.15, 0.2) is 58.7 Å². The molecule has 0 fully saturated rings. The van der Waals surface area contributed by atoms with Crippen LogP contribution in [0.1, 0.15) is 42.3 Å². The summed E-state index contributed by atoms with van der Waals surface area (Å²) in [6.45, 7) is 0.930. The number of aromatic nitrogens is 3. The highest BCUT2D eigenvalue weighted by Gasteiger charge is 2.30. The molecule has 182 valence electrons. The molecule has 1 aliphatic rings. The molecule has 2 aromatic carbocycles. The number of carboxylic acids is 1. The van der Waals surface area contributed by atoms with Gasteiger partial charge in [-0.2, -0.15) is 0 Å². The molecule has 1 aromatic heterocycles. The molecule has 3 aromatic rings. The van der Waals surface area contributed by atoms with Crippen molar-refractivity contribution < 1.29 is 14.8 Å². The quantitative estimate of drug-likeness (QED) is 0.194. The van der Waals surface area contributed by atoms with Crippen LogP contribution in [0.4, 0.5) is 5.69 Å². The molecule has 10 nitrogen and oxygen atoms in total. The summed E-state index contributed by atoms with van der Waals surface area (Å²) in [5.74, 6) is 0.413. The minimum absolute atomic E-state index is 0.0498. The van der Waals surface area contributed by atoms with Crippen molar-refractivity contribution in [3.05, 3.63) is 75.6 Å². The Balaban J connectivity index is 1.87. The highest BCUT2D eigenvalue weighted by atomic mass is 32.2. The van der Waals surface area contributed by atoms with Crippen molar-refractivity contribution in [1.29, 1.82) is 0 Å². The molecule has 35 heavy (non-hydrogen) atoms. The highest BCUT2D eigenvalue weighted by molar-refractivity contribution is 7.99. The van der Waals surface area contributed by atoms with Gasteiger partial charge in [-0.3, -0.25) is 24.5 Å². The molecule has 1 N–H and O–H groups in total. The Morgan fingerprint density at radius 3 is 2.66 bits per heavy atom. The first-order valence-electron chi connectivity index (χ1n) is 11.2. The van der Waals surface area contributed by atoms with Crippen LogP contribution in [0.2, 0.25) is 0 Å². The zero-order chi connectivity index (χ0) is 24.9. The second-order valence-corrected chi connectivity index (χ2v) is 9.49. The molecule has 0 amide bonds. The SMILES string of the molecule is CN(C)CCCSc1nnc2n1-c1ccc([N+](=O)[O-])cc1C(c1ccccc1)=N[C@H]2CCC(=O)O. The van der Waals surface area contributed by atoms with Gasteiger partial charge in [-0.15, -0.1) is 10.2 Å². The number of fused-ring (bicyclic) bond motifs is 3. The van der Waals surface area contributed by atoms with E-state index in [4.69, 9.17) is 4.99 Å². The number of benzene rings is 2. The van der Waals surface area contributed by atoms with Gasteiger partial charge in [0.1, 0.15) is 6.04 Å². The summed E-state index contributed by atoms with van der Waals surface area (Å²) in [4.78, 5) is 29.6. The summed E-state index contributed by atoms with van der Waals surface area (Å²) in [5, 5.41) is 30.4. The van der Waals surface area contributed by atoms with Gasteiger partial charge in [0, 0.05) is 35.4 Å². The molecule has 1 atom stereocenters. The molecular formula is C24H26N6O4S. The van der Waals surface area contributed by atoms with E-state index in [2.05, 4.69) is 15.1 Å². The van der Waals surface area contributed by atoms with Crippen LogP contribution < -0.4 is 0 Å². The van der Waals surface area contributed by atoms with E-state index in [-0.39, 0.29) is 18.5 Å². The Kier molecular flexibility index (Phi) is 7.57. The van der Waals surface area contributed by atoms with Gasteiger partial charge in [0.05, 0.1) is 16.3 Å². The number of hydrogen-bond donors (Lipinski definition) is 1. The van der Waals surface area contributed by atoms with E-state index in [1.54, 1.807) is 17.8 Å². The van der Waals surface area contributed by atoms with E-state index in [0.717, 1.165) is 24.3 Å². The molecule has 11 heteroatoms. The van der Waals surface area contributed by atoms with E-state index in [1.165, 1.54) is 12.1 Å². The fourth-order valence-corrected chi connectivity index (χ4v) is 4.82. The van der Waals surface area contributed by atoms with Crippen LogP contribution >= 0.6 is 11.8 Å². The first-order chi connectivity index (χ1) is 16.8. The average molecular weight is 495 g/mol. The van der Waals surface area contributed by atoms with Gasteiger partial charge >= 0.3 is 5.97 Å². The topological polar surface area (TPSA) is 127 Å². The third-order valence-electron chi connectivity index (χ3n) is 5.59. The number of non-ortho nitro benzene ring substituents is 1. The van der Waals surface area contributed by atoms with Crippen molar-refractivity contribution in [2.75, 3.05) is 26.4 Å². The first-order valence-corrected chi connectivity index (χ1v) is 12.2. The predicted molar refractivity (Wildman–Crippen MR) is 134 cm³/mol. The third kappa shape index (κ3) is 5.57. The maximum absolute atomic E-state index is 11.6. The van der Waals surface area contributed by atoms with Crippen LogP contribution in [0.5, 0.6) is 0 Å². The van der Waals surface area contributed by atoms with Crippen LogP contribution in [-0.2, 0) is 4.79 Å². The third-order valence-corrected chi connectivity index (χ3v) is 6.60. The van der Waals surface area contributed by atoms with E-state index in [0.29, 0.717) is 27.9 Å². The number of rotatable bonds is 10. The zero-order valence-electron chi connectivity index (χ0n) is 19.5. The summed E-state index contributed by atoms with van der Waals surface area (Å²) in [7, 11) is 4.04. The second-order valence-electron chi connectivity index (χ2n) is 8.43. The van der Waals surface area contributed by atoms with Crippen molar-refractivity contribution in [2.24, 2.45) is 4.99 Å². The standard InChI is InChI=1S/C24H26N6O4S/c1-28(2)13-6-14-35-24-27-26-23-19(10-12-21(31)32)25-22(16-7-4-3-5-8-16)18-15-17(30(33)34)9-11-20(18)29(23)24/h3-5,7-9,11,15,19H,6,10,12-14H2,1-2H3,(H,31,32)/t19-/m0/s1. The predicted octanol–water partition coefficient (Wildman–Crippen LogP) is 3.98. The van der Waals surface area contributed by atoms with Crippen molar-refractivity contribution in [2.45, 2.75) is 30.5 Å². The van der Waals surface area contributed by atoms with Crippen LogP contribution in [-0.4, -0.2) is 67.8 Å². The summed E-state index contributed by atoms with van der Waals surface area (Å²) in [5.41, 5.74) is 2.57. The molecule has 1 aliphatic heterocycles. The van der Waals surface area contributed by atoms with Gasteiger partial charge in [0.25, 0.3) is 5.69 Å². The van der Waals surface area contributed by atoms with E-state index in [9.17, 15) is 20.0 Å². The number of nitrogens with zero attached hydrogens (tertiary/aromatic N) is 6. The van der Waals surface area contributed by atoms with E-state index in [1.807, 2.05) is 49.0 Å². The Labute approximate surface area is 206 Å². The molecule has 0 aliphatic carbocycles. The normalized spacial score (nSPS) is 14.7. The van der Waals surface area contributed by atoms with Crippen molar-refractivity contribution in [3.63, 3.8) is 0 Å². The maximum Gasteiger partial charge on any atom is 0.303 e. The molecule has 0 bridgehead atoms. The molecule has 0 radical (unpaired) electrons. The van der Waals surface area contributed by atoms with Crippen molar-refractivity contribution >= 4 is 29.1 Å². The smallest absolute Gasteiger partial charge is 0.303 e. The van der Waals surface area contributed by atoms with E-state index < -0.39 is 16.9 Å². The fourth-order valence-electron chi connectivity index (χ4n) is 3.95. The average Bonchev–Trinajstić information content (AvgIpc) is 3.19. The lowest BCUT2D eigenvalue weighted by molar-refractivity contribution is -0.384. The number of carboxylic acid groups (broad SMARTS) is 1. The Morgan fingerprint density at radius 2 is 1.97 bits per heavy atom. The lowest BCUT2D eigenvalue weighted by Crippen LogP contribution is -2.13. The second kappa shape index (κ2) is 10.8. The first kappa shape index (κ1) is 24.6. The number of carbonyl (C=O) groups is 1. The summed E-state index contributed by atoms with van der Waals surface area (Å²) in [6, 6.07) is 13.5. The summed E-state index contributed by atoms with van der Waals surface area (Å²) in [6.07, 6.45) is 1.08. The van der Waals surface area contributed by atoms with Crippen LogP contribution in [0.3, 0.4) is 0 Å². The van der Waals surface area contributed by atoms with Crippen LogP contribution in [0, 0.1) is 10.1 Å². The van der Waals surface area contributed by atoms with Gasteiger partial charge in [0.15, 0.2) is 11.0 Å². The lowest BCUT2D eigenvalue weighted by Gasteiger charge is -2.14. The monoisotopic (exact) mass is 494 g/mol. The number of nitro groups is 1. The molecular weight excluding hydrogens is 468 g/mol. The zero-order valence-corrected chi connectivity index (χ0v) is 20.3. The lowest BCUT2D eigenvalue weighted by atomic mass is 9.99. The fraction of sp³-hybridized carbons (Fsp3) is 0.333. The van der Waals surface area contributed by atoms with Gasteiger partial charge in [-0.25, -0.2) is 0 Å². The summed E-state index contributed by atoms with van der Waals surface area (Å²) >= 11 is 1.55. The van der Waals surface area contributed by atoms with Crippen molar-refractivity contribution in [3.8, 4) is 5.69 Å². The molecule has 0 unspecified atom stereocenters. The Hall–Kier alpha value is -3.57. The molecule has 0 saturated heterocycles. The molecule has 2 heterocycles. The molecule has 4 rings (SSSR count). The Bertz CT molecular complexity index is 1260. The summed E-state index contributed by atoms with van der Waals surface area (Å²) < 4.78 is 1.88. The minimum Gasteiger partial charge on any atom is -0.481 e. The Morgan fingerprint density at radius 1 is 1.20 bits per heavy atom. The number of thioether (sulfide) groups is 1. The number of aliphatic imine (C=N–C) groups is 1. The largest absolute Gasteiger partial charge is 0.481 e. The molecule has 0 spiro atoms.